The zero-order valence-electron chi connectivity index (χ0n) is 11.6. The van der Waals surface area contributed by atoms with Crippen LogP contribution in [0, 0.1) is 0 Å². The van der Waals surface area contributed by atoms with Crippen molar-refractivity contribution < 1.29 is 18.0 Å². The van der Waals surface area contributed by atoms with Gasteiger partial charge in [0.25, 0.3) is 0 Å². The third-order valence-electron chi connectivity index (χ3n) is 2.93. The molecule has 0 aliphatic rings. The van der Waals surface area contributed by atoms with Crippen LogP contribution < -0.4 is 10.6 Å². The van der Waals surface area contributed by atoms with Crippen molar-refractivity contribution in [3.63, 3.8) is 0 Å². The molecule has 0 aromatic heterocycles. The number of benzene rings is 1. The van der Waals surface area contributed by atoms with Crippen LogP contribution >= 0.6 is 0 Å². The van der Waals surface area contributed by atoms with Crippen LogP contribution in [0.25, 0.3) is 0 Å². The van der Waals surface area contributed by atoms with Crippen LogP contribution in [0.15, 0.2) is 24.3 Å². The number of nitrogens with one attached hydrogen (secondary N) is 2. The van der Waals surface area contributed by atoms with E-state index in [9.17, 15) is 18.0 Å². The van der Waals surface area contributed by atoms with Gasteiger partial charge in [0.2, 0.25) is 5.91 Å². The number of amides is 1. The monoisotopic (exact) mass is 288 g/mol. The summed E-state index contributed by atoms with van der Waals surface area (Å²) in [6, 6.07) is 4.93. The number of hydrogen-bond acceptors (Lipinski definition) is 2. The molecule has 1 aromatic carbocycles. The molecule has 20 heavy (non-hydrogen) atoms. The summed E-state index contributed by atoms with van der Waals surface area (Å²) in [5.41, 5.74) is -0.610. The number of hydrogen-bond donors (Lipinski definition) is 2. The highest BCUT2D eigenvalue weighted by Crippen LogP contribution is 2.30. The molecule has 1 atom stereocenters. The van der Waals surface area contributed by atoms with E-state index in [1.807, 2.05) is 13.8 Å². The smallest absolute Gasteiger partial charge is 0.326 e. The molecule has 0 bridgehead atoms. The molecule has 2 N–H and O–H groups in total. The number of halogens is 3. The second kappa shape index (κ2) is 7.28. The van der Waals surface area contributed by atoms with Crippen molar-refractivity contribution in [2.24, 2.45) is 0 Å². The minimum Gasteiger partial charge on any atom is -0.326 e. The van der Waals surface area contributed by atoms with Crippen LogP contribution in [-0.4, -0.2) is 18.5 Å². The summed E-state index contributed by atoms with van der Waals surface area (Å²) in [7, 11) is 0. The maximum atomic E-state index is 12.5. The topological polar surface area (TPSA) is 41.1 Å². The first-order chi connectivity index (χ1) is 9.32. The minimum absolute atomic E-state index is 0.161. The van der Waals surface area contributed by atoms with Gasteiger partial charge in [-0.3, -0.25) is 4.79 Å². The molecule has 0 heterocycles. The van der Waals surface area contributed by atoms with E-state index in [0.717, 1.165) is 18.6 Å². The number of rotatable bonds is 6. The summed E-state index contributed by atoms with van der Waals surface area (Å²) in [4.78, 5) is 11.6. The maximum absolute atomic E-state index is 12.5. The average Bonchev–Trinajstić information content (AvgIpc) is 2.37. The summed E-state index contributed by atoms with van der Waals surface area (Å²) < 4.78 is 37.5. The van der Waals surface area contributed by atoms with Crippen molar-refractivity contribution in [2.45, 2.75) is 38.9 Å². The Hall–Kier alpha value is -1.56. The second-order valence-corrected chi connectivity index (χ2v) is 4.64. The molecule has 6 heteroatoms. The van der Waals surface area contributed by atoms with Crippen molar-refractivity contribution >= 4 is 11.6 Å². The van der Waals surface area contributed by atoms with Gasteiger partial charge in [0.1, 0.15) is 0 Å². The average molecular weight is 288 g/mol. The fraction of sp³-hybridized carbons (Fsp3) is 0.500. The van der Waals surface area contributed by atoms with Gasteiger partial charge in [-0.1, -0.05) is 13.0 Å². The summed E-state index contributed by atoms with van der Waals surface area (Å²) in [5.74, 6) is -0.305. The molecular formula is C14H19F3N2O. The SMILES string of the molecule is CCC(C)NCCC(=O)Nc1cccc(C(F)(F)F)c1. The number of alkyl halides is 3. The largest absolute Gasteiger partial charge is 0.416 e. The highest BCUT2D eigenvalue weighted by molar-refractivity contribution is 5.90. The molecule has 0 radical (unpaired) electrons. The van der Waals surface area contributed by atoms with Crippen LogP contribution in [0.1, 0.15) is 32.3 Å². The highest BCUT2D eigenvalue weighted by Gasteiger charge is 2.30. The first-order valence-electron chi connectivity index (χ1n) is 6.53. The molecule has 0 aliphatic heterocycles. The lowest BCUT2D eigenvalue weighted by Gasteiger charge is -2.12. The Kier molecular flexibility index (Phi) is 6.01. The Balaban J connectivity index is 2.50. The predicted octanol–water partition coefficient (Wildman–Crippen LogP) is 3.42. The van der Waals surface area contributed by atoms with Crippen LogP contribution in [0.4, 0.5) is 18.9 Å². The molecule has 0 fully saturated rings. The van der Waals surface area contributed by atoms with Crippen molar-refractivity contribution in [2.75, 3.05) is 11.9 Å². The number of carbonyl (C=O) groups is 1. The fourth-order valence-corrected chi connectivity index (χ4v) is 1.57. The standard InChI is InChI=1S/C14H19F3N2O/c1-3-10(2)18-8-7-13(20)19-12-6-4-5-11(9-12)14(15,16)17/h4-6,9-10,18H,3,7-8H2,1-2H3,(H,19,20). The van der Waals surface area contributed by atoms with E-state index < -0.39 is 11.7 Å². The molecule has 112 valence electrons. The normalized spacial score (nSPS) is 13.1. The number of carbonyl (C=O) groups excluding carboxylic acids is 1. The molecule has 0 spiro atoms. The van der Waals surface area contributed by atoms with E-state index in [2.05, 4.69) is 10.6 Å². The van der Waals surface area contributed by atoms with E-state index >= 15 is 0 Å². The van der Waals surface area contributed by atoms with Gasteiger partial charge >= 0.3 is 6.18 Å². The second-order valence-electron chi connectivity index (χ2n) is 4.64. The minimum atomic E-state index is -4.40. The van der Waals surface area contributed by atoms with Gasteiger partial charge in [0, 0.05) is 24.7 Å². The fourth-order valence-electron chi connectivity index (χ4n) is 1.57. The van der Waals surface area contributed by atoms with Gasteiger partial charge in [0.05, 0.1) is 5.56 Å². The molecule has 0 saturated heterocycles. The van der Waals surface area contributed by atoms with E-state index in [0.29, 0.717) is 12.6 Å². The predicted molar refractivity (Wildman–Crippen MR) is 72.4 cm³/mol. The highest BCUT2D eigenvalue weighted by atomic mass is 19.4. The zero-order valence-corrected chi connectivity index (χ0v) is 11.6. The van der Waals surface area contributed by atoms with Crippen molar-refractivity contribution in [1.29, 1.82) is 0 Å². The lowest BCUT2D eigenvalue weighted by atomic mass is 10.2. The van der Waals surface area contributed by atoms with E-state index in [1.54, 1.807) is 0 Å². The number of anilines is 1. The zero-order chi connectivity index (χ0) is 15.2. The molecule has 3 nitrogen and oxygen atoms in total. The Morgan fingerprint density at radius 3 is 2.65 bits per heavy atom. The Bertz CT molecular complexity index is 446. The van der Waals surface area contributed by atoms with Gasteiger partial charge in [-0.05, 0) is 31.5 Å². The summed E-state index contributed by atoms with van der Waals surface area (Å²) in [5, 5.41) is 5.61. The van der Waals surface area contributed by atoms with Crippen LogP contribution in [0.5, 0.6) is 0 Å². The molecule has 1 aromatic rings. The van der Waals surface area contributed by atoms with Crippen molar-refractivity contribution in [3.05, 3.63) is 29.8 Å². The Morgan fingerprint density at radius 1 is 1.35 bits per heavy atom. The summed E-state index contributed by atoms with van der Waals surface area (Å²) >= 11 is 0. The van der Waals surface area contributed by atoms with Crippen molar-refractivity contribution in [3.8, 4) is 0 Å². The van der Waals surface area contributed by atoms with Gasteiger partial charge < -0.3 is 10.6 Å². The first-order valence-corrected chi connectivity index (χ1v) is 6.53. The Labute approximate surface area is 116 Å². The Morgan fingerprint density at radius 2 is 2.05 bits per heavy atom. The van der Waals surface area contributed by atoms with Gasteiger partial charge in [0.15, 0.2) is 0 Å². The lowest BCUT2D eigenvalue weighted by molar-refractivity contribution is -0.137. The molecule has 1 rings (SSSR count). The van der Waals surface area contributed by atoms with E-state index in [4.69, 9.17) is 0 Å². The van der Waals surface area contributed by atoms with Crippen LogP contribution in [0.2, 0.25) is 0 Å². The molecule has 1 unspecified atom stereocenters. The maximum Gasteiger partial charge on any atom is 0.416 e. The van der Waals surface area contributed by atoms with Crippen LogP contribution in [0.3, 0.4) is 0 Å². The molecular weight excluding hydrogens is 269 g/mol. The lowest BCUT2D eigenvalue weighted by Crippen LogP contribution is -2.28. The molecule has 1 amide bonds. The van der Waals surface area contributed by atoms with Gasteiger partial charge in [-0.25, -0.2) is 0 Å². The van der Waals surface area contributed by atoms with Crippen LogP contribution in [-0.2, 0) is 11.0 Å². The van der Waals surface area contributed by atoms with Crippen molar-refractivity contribution in [1.82, 2.24) is 5.32 Å². The summed E-state index contributed by atoms with van der Waals surface area (Å²) in [6.45, 7) is 4.53. The quantitative estimate of drug-likeness (QED) is 0.842. The third kappa shape index (κ3) is 5.61. The van der Waals surface area contributed by atoms with Gasteiger partial charge in [-0.2, -0.15) is 13.2 Å². The van der Waals surface area contributed by atoms with E-state index in [1.165, 1.54) is 12.1 Å². The first kappa shape index (κ1) is 16.5. The van der Waals surface area contributed by atoms with E-state index in [-0.39, 0.29) is 18.0 Å². The third-order valence-corrected chi connectivity index (χ3v) is 2.93. The van der Waals surface area contributed by atoms with Gasteiger partial charge in [-0.15, -0.1) is 0 Å². The molecule has 0 aliphatic carbocycles. The molecule has 0 saturated carbocycles. The summed E-state index contributed by atoms with van der Waals surface area (Å²) in [6.07, 6.45) is -3.23.